The third-order valence-electron chi connectivity index (χ3n) is 10.0. The number of nitrogens with zero attached hydrogens (tertiary/aromatic N) is 1. The maximum atomic E-state index is 6.19. The number of para-hydroxylation sites is 1. The number of aliphatic imine (C=N–C) groups is 1. The molecule has 1 N–H and O–H groups in total. The molecule has 0 fully saturated rings. The Morgan fingerprint density at radius 2 is 1.22 bits per heavy atom. The van der Waals surface area contributed by atoms with Gasteiger partial charge in [0.2, 0.25) is 0 Å². The lowest BCUT2D eigenvalue weighted by Gasteiger charge is -2.26. The highest BCUT2D eigenvalue weighted by Crippen LogP contribution is 2.37. The number of nitrogens with one attached hydrogen (secondary N) is 1. The van der Waals surface area contributed by atoms with E-state index in [9.17, 15) is 0 Å². The van der Waals surface area contributed by atoms with E-state index in [1.165, 1.54) is 44.2 Å². The lowest BCUT2D eigenvalue weighted by atomic mass is 9.95. The van der Waals surface area contributed by atoms with Crippen LogP contribution in [0.15, 0.2) is 179 Å². The van der Waals surface area contributed by atoms with Gasteiger partial charge in [-0.05, 0) is 93.3 Å². The van der Waals surface area contributed by atoms with Gasteiger partial charge in [0, 0.05) is 22.2 Å². The van der Waals surface area contributed by atoms with E-state index in [0.717, 1.165) is 57.3 Å². The molecular formula is C47H36N2O. The quantitative estimate of drug-likeness (QED) is 0.202. The standard InChI is InChI=1S/C47H36N2O/c1-31-18-29-42(35-11-3-2-4-12-35)48-47(49-46(31)36-24-19-33(20-25-36)39-28-21-32-10-5-6-13-38(32)30-39)37-26-22-34(23-27-37)40-15-9-17-44-45(40)41-14-7-8-16-43(41)50-44/h2-17,19-28,30,47,49H,18,29H2,1H3/b46-31-,48-42+. The Morgan fingerprint density at radius 3 is 2.06 bits per heavy atom. The lowest BCUT2D eigenvalue weighted by Crippen LogP contribution is -2.23. The zero-order chi connectivity index (χ0) is 33.4. The SMILES string of the molecule is C/C1=C(\c2ccc(-c3ccc4ccccc4c3)cc2)NC(c2ccc(-c3cccc4oc5ccccc5c34)cc2)/N=C(/c2ccccc2)CC1. The molecule has 240 valence electrons. The minimum absolute atomic E-state index is 0.254. The molecule has 9 rings (SSSR count). The van der Waals surface area contributed by atoms with Gasteiger partial charge in [0.1, 0.15) is 17.3 Å². The molecule has 8 aromatic rings. The van der Waals surface area contributed by atoms with Gasteiger partial charge in [-0.15, -0.1) is 0 Å². The summed E-state index contributed by atoms with van der Waals surface area (Å²) in [5.74, 6) is 0. The summed E-state index contributed by atoms with van der Waals surface area (Å²) in [7, 11) is 0. The van der Waals surface area contributed by atoms with E-state index in [1.54, 1.807) is 0 Å². The number of rotatable bonds is 5. The van der Waals surface area contributed by atoms with Crippen LogP contribution >= 0.6 is 0 Å². The number of hydrogen-bond acceptors (Lipinski definition) is 3. The first kappa shape index (κ1) is 29.9. The van der Waals surface area contributed by atoms with Gasteiger partial charge in [-0.1, -0.05) is 146 Å². The van der Waals surface area contributed by atoms with Crippen LogP contribution < -0.4 is 5.32 Å². The molecule has 50 heavy (non-hydrogen) atoms. The fourth-order valence-corrected chi connectivity index (χ4v) is 7.34. The van der Waals surface area contributed by atoms with Crippen LogP contribution in [0.3, 0.4) is 0 Å². The number of hydrogen-bond donors (Lipinski definition) is 1. The van der Waals surface area contributed by atoms with Crippen LogP contribution in [0.1, 0.15) is 42.6 Å². The maximum absolute atomic E-state index is 6.19. The number of allylic oxidation sites excluding steroid dienone is 1. The molecule has 1 aliphatic rings. The molecule has 0 saturated heterocycles. The Morgan fingerprint density at radius 1 is 0.540 bits per heavy atom. The van der Waals surface area contributed by atoms with Crippen LogP contribution in [-0.4, -0.2) is 5.71 Å². The zero-order valence-electron chi connectivity index (χ0n) is 27.9. The second-order valence-corrected chi connectivity index (χ2v) is 13.2. The summed E-state index contributed by atoms with van der Waals surface area (Å²) < 4.78 is 6.19. The summed E-state index contributed by atoms with van der Waals surface area (Å²) in [6.07, 6.45) is 1.55. The van der Waals surface area contributed by atoms with Crippen LogP contribution in [0.5, 0.6) is 0 Å². The Hall–Kier alpha value is -6.19. The first-order valence-electron chi connectivity index (χ1n) is 17.4. The highest BCUT2D eigenvalue weighted by Gasteiger charge is 2.21. The molecule has 0 saturated carbocycles. The summed E-state index contributed by atoms with van der Waals surface area (Å²) in [6, 6.07) is 58.3. The third-order valence-corrected chi connectivity index (χ3v) is 10.0. The van der Waals surface area contributed by atoms with Crippen LogP contribution in [0, 0.1) is 0 Å². The monoisotopic (exact) mass is 644 g/mol. The van der Waals surface area contributed by atoms with Crippen LogP contribution in [-0.2, 0) is 0 Å². The number of benzene rings is 7. The van der Waals surface area contributed by atoms with E-state index in [1.807, 2.05) is 12.1 Å². The molecule has 0 aliphatic carbocycles. The summed E-state index contributed by atoms with van der Waals surface area (Å²) >= 11 is 0. The van der Waals surface area contributed by atoms with Crippen molar-refractivity contribution in [3.8, 4) is 22.3 Å². The van der Waals surface area contributed by atoms with Crippen molar-refractivity contribution in [3.63, 3.8) is 0 Å². The van der Waals surface area contributed by atoms with E-state index >= 15 is 0 Å². The maximum Gasteiger partial charge on any atom is 0.145 e. The predicted molar refractivity (Wildman–Crippen MR) is 209 cm³/mol. The molecule has 1 unspecified atom stereocenters. The van der Waals surface area contributed by atoms with Gasteiger partial charge in [0.25, 0.3) is 0 Å². The lowest BCUT2D eigenvalue weighted by molar-refractivity contribution is 0.656. The van der Waals surface area contributed by atoms with Gasteiger partial charge in [-0.3, -0.25) is 4.99 Å². The second-order valence-electron chi connectivity index (χ2n) is 13.2. The molecule has 1 atom stereocenters. The molecular weight excluding hydrogens is 609 g/mol. The molecule has 0 bridgehead atoms. The van der Waals surface area contributed by atoms with Crippen molar-refractivity contribution < 1.29 is 4.42 Å². The van der Waals surface area contributed by atoms with E-state index in [0.29, 0.717) is 0 Å². The predicted octanol–water partition coefficient (Wildman–Crippen LogP) is 12.4. The smallest absolute Gasteiger partial charge is 0.145 e. The van der Waals surface area contributed by atoms with Gasteiger partial charge in [-0.25, -0.2) is 0 Å². The van der Waals surface area contributed by atoms with Crippen LogP contribution in [0.25, 0.3) is 60.7 Å². The van der Waals surface area contributed by atoms with Crippen molar-refractivity contribution in [1.82, 2.24) is 5.32 Å². The minimum atomic E-state index is -0.254. The third kappa shape index (κ3) is 5.57. The average Bonchev–Trinajstić information content (AvgIpc) is 3.56. The van der Waals surface area contributed by atoms with Gasteiger partial charge in [0.15, 0.2) is 0 Å². The first-order valence-corrected chi connectivity index (χ1v) is 17.4. The van der Waals surface area contributed by atoms with Crippen molar-refractivity contribution in [2.45, 2.75) is 25.9 Å². The molecule has 7 aromatic carbocycles. The highest BCUT2D eigenvalue weighted by molar-refractivity contribution is 6.12. The largest absolute Gasteiger partial charge is 0.456 e. The highest BCUT2D eigenvalue weighted by atomic mass is 16.3. The normalized spacial score (nSPS) is 17.6. The van der Waals surface area contributed by atoms with Gasteiger partial charge in [-0.2, -0.15) is 0 Å². The van der Waals surface area contributed by atoms with Gasteiger partial charge < -0.3 is 9.73 Å². The summed E-state index contributed by atoms with van der Waals surface area (Å²) in [6.45, 7) is 2.25. The molecule has 0 amide bonds. The van der Waals surface area contributed by atoms with Crippen molar-refractivity contribution in [3.05, 3.63) is 186 Å². The molecule has 0 spiro atoms. The van der Waals surface area contributed by atoms with E-state index in [4.69, 9.17) is 9.41 Å². The summed E-state index contributed by atoms with van der Waals surface area (Å²) in [4.78, 5) is 5.42. The first-order chi connectivity index (χ1) is 24.7. The Labute approximate surface area is 292 Å². The number of fused-ring (bicyclic) bond motifs is 4. The van der Waals surface area contributed by atoms with E-state index < -0.39 is 0 Å². The Balaban J connectivity index is 1.08. The molecule has 2 heterocycles. The molecule has 1 aromatic heterocycles. The summed E-state index contributed by atoms with van der Waals surface area (Å²) in [5, 5.41) is 8.71. The summed E-state index contributed by atoms with van der Waals surface area (Å²) in [5.41, 5.74) is 13.6. The fraction of sp³-hybridized carbons (Fsp3) is 0.0851. The second kappa shape index (κ2) is 12.7. The van der Waals surface area contributed by atoms with Crippen molar-refractivity contribution in [1.29, 1.82) is 0 Å². The molecule has 3 nitrogen and oxygen atoms in total. The van der Waals surface area contributed by atoms with E-state index in [-0.39, 0.29) is 6.17 Å². The topological polar surface area (TPSA) is 37.5 Å². The van der Waals surface area contributed by atoms with Gasteiger partial charge >= 0.3 is 0 Å². The Bertz CT molecular complexity index is 2560. The fourth-order valence-electron chi connectivity index (χ4n) is 7.34. The van der Waals surface area contributed by atoms with Crippen LogP contribution in [0.4, 0.5) is 0 Å². The average molecular weight is 645 g/mol. The van der Waals surface area contributed by atoms with Crippen LogP contribution in [0.2, 0.25) is 0 Å². The molecule has 1 aliphatic heterocycles. The molecule has 0 radical (unpaired) electrons. The van der Waals surface area contributed by atoms with Crippen molar-refractivity contribution >= 4 is 44.1 Å². The Kier molecular flexibility index (Phi) is 7.59. The molecule has 3 heteroatoms. The zero-order valence-corrected chi connectivity index (χ0v) is 27.9. The van der Waals surface area contributed by atoms with Crippen molar-refractivity contribution in [2.75, 3.05) is 0 Å². The van der Waals surface area contributed by atoms with E-state index in [2.05, 4.69) is 164 Å². The van der Waals surface area contributed by atoms with Gasteiger partial charge in [0.05, 0.1) is 0 Å². The van der Waals surface area contributed by atoms with Crippen molar-refractivity contribution in [2.24, 2.45) is 4.99 Å². The number of furan rings is 1. The minimum Gasteiger partial charge on any atom is -0.456 e.